The van der Waals surface area contributed by atoms with Crippen LogP contribution in [-0.2, 0) is 4.74 Å². The number of methoxy groups -OCH3 is 2. The van der Waals surface area contributed by atoms with Gasteiger partial charge in [-0.15, -0.1) is 23.7 Å². The molecule has 1 aromatic carbocycles. The topological polar surface area (TPSA) is 88.7 Å². The molecule has 0 aliphatic rings. The lowest BCUT2D eigenvalue weighted by Crippen LogP contribution is -2.32. The Morgan fingerprint density at radius 2 is 1.70 bits per heavy atom. The number of hydrogen-bond donors (Lipinski definition) is 3. The van der Waals surface area contributed by atoms with Gasteiger partial charge in [0.05, 0.1) is 23.6 Å². The predicted molar refractivity (Wildman–Crippen MR) is 110 cm³/mol. The summed E-state index contributed by atoms with van der Waals surface area (Å²) in [6.07, 6.45) is 0. The number of carbonyl (C=O) groups is 2. The molecule has 7 nitrogen and oxygen atoms in total. The van der Waals surface area contributed by atoms with E-state index in [1.54, 1.807) is 50.6 Å². The molecule has 27 heavy (non-hydrogen) atoms. The molecule has 0 saturated carbocycles. The summed E-state index contributed by atoms with van der Waals surface area (Å²) in [5.74, 6) is 0.297. The molecule has 9 heteroatoms. The zero-order valence-electron chi connectivity index (χ0n) is 15.2. The number of nitrogens with one attached hydrogen (secondary N) is 3. The first-order valence-electron chi connectivity index (χ1n) is 8.17. The van der Waals surface area contributed by atoms with E-state index in [-0.39, 0.29) is 24.2 Å². The van der Waals surface area contributed by atoms with Crippen LogP contribution in [0.3, 0.4) is 0 Å². The minimum atomic E-state index is -0.233. The van der Waals surface area contributed by atoms with Crippen LogP contribution in [0, 0.1) is 0 Å². The van der Waals surface area contributed by atoms with Gasteiger partial charge in [0.25, 0.3) is 11.8 Å². The Bertz CT molecular complexity index is 722. The number of thiophene rings is 1. The first-order valence-corrected chi connectivity index (χ1v) is 8.99. The second kappa shape index (κ2) is 12.3. The maximum atomic E-state index is 12.2. The molecule has 2 amide bonds. The fourth-order valence-electron chi connectivity index (χ4n) is 2.10. The number of hydrogen-bond acceptors (Lipinski definition) is 6. The van der Waals surface area contributed by atoms with Crippen molar-refractivity contribution in [2.75, 3.05) is 45.8 Å². The van der Waals surface area contributed by atoms with Gasteiger partial charge in [0.1, 0.15) is 5.75 Å². The molecule has 1 aromatic heterocycles. The zero-order chi connectivity index (χ0) is 18.8. The largest absolute Gasteiger partial charge is 0.497 e. The molecule has 0 radical (unpaired) electrons. The molecular formula is C18H24ClN3O4S. The van der Waals surface area contributed by atoms with E-state index in [9.17, 15) is 9.59 Å². The Morgan fingerprint density at radius 1 is 0.963 bits per heavy atom. The number of benzene rings is 1. The smallest absolute Gasteiger partial charge is 0.261 e. The van der Waals surface area contributed by atoms with Gasteiger partial charge in [-0.05, 0) is 36.4 Å². The normalized spacial score (nSPS) is 10.0. The fourth-order valence-corrected chi connectivity index (χ4v) is 2.92. The maximum Gasteiger partial charge on any atom is 0.261 e. The molecule has 0 aliphatic carbocycles. The van der Waals surface area contributed by atoms with Crippen LogP contribution in [0.4, 0.5) is 5.00 Å². The fraction of sp³-hybridized carbons (Fsp3) is 0.333. The third kappa shape index (κ3) is 7.56. The van der Waals surface area contributed by atoms with Crippen LogP contribution in [0.15, 0.2) is 36.4 Å². The van der Waals surface area contributed by atoms with E-state index in [2.05, 4.69) is 16.0 Å². The summed E-state index contributed by atoms with van der Waals surface area (Å²) in [7, 11) is 3.22. The molecule has 148 valence electrons. The van der Waals surface area contributed by atoms with Crippen LogP contribution in [0.5, 0.6) is 5.75 Å². The maximum absolute atomic E-state index is 12.2. The van der Waals surface area contributed by atoms with E-state index in [0.29, 0.717) is 40.9 Å². The van der Waals surface area contributed by atoms with E-state index in [1.807, 2.05) is 0 Å². The highest BCUT2D eigenvalue weighted by molar-refractivity contribution is 7.18. The van der Waals surface area contributed by atoms with E-state index in [0.717, 1.165) is 6.54 Å². The van der Waals surface area contributed by atoms with Gasteiger partial charge in [0.15, 0.2) is 0 Å². The van der Waals surface area contributed by atoms with E-state index >= 15 is 0 Å². The molecule has 0 saturated heterocycles. The molecular weight excluding hydrogens is 390 g/mol. The van der Waals surface area contributed by atoms with Crippen LogP contribution >= 0.6 is 23.7 Å². The number of ether oxygens (including phenoxy) is 2. The van der Waals surface area contributed by atoms with Gasteiger partial charge in [0, 0.05) is 32.3 Å². The molecule has 3 N–H and O–H groups in total. The van der Waals surface area contributed by atoms with E-state index < -0.39 is 0 Å². The van der Waals surface area contributed by atoms with Crippen molar-refractivity contribution in [1.29, 1.82) is 0 Å². The van der Waals surface area contributed by atoms with Crippen LogP contribution in [0.25, 0.3) is 0 Å². The van der Waals surface area contributed by atoms with Gasteiger partial charge >= 0.3 is 0 Å². The van der Waals surface area contributed by atoms with Crippen molar-refractivity contribution in [1.82, 2.24) is 10.6 Å². The van der Waals surface area contributed by atoms with Crippen molar-refractivity contribution in [3.8, 4) is 5.75 Å². The third-order valence-corrected chi connectivity index (χ3v) is 4.49. The summed E-state index contributed by atoms with van der Waals surface area (Å²) in [5.41, 5.74) is 0.521. The summed E-state index contributed by atoms with van der Waals surface area (Å²) < 4.78 is 10.00. The first-order chi connectivity index (χ1) is 12.6. The average molecular weight is 414 g/mol. The minimum Gasteiger partial charge on any atom is -0.497 e. The molecule has 0 spiro atoms. The van der Waals surface area contributed by atoms with Crippen molar-refractivity contribution in [2.24, 2.45) is 0 Å². The minimum absolute atomic E-state index is 0. The zero-order valence-corrected chi connectivity index (χ0v) is 16.9. The summed E-state index contributed by atoms with van der Waals surface area (Å²) >= 11 is 1.23. The number of amides is 2. The average Bonchev–Trinajstić information content (AvgIpc) is 3.13. The van der Waals surface area contributed by atoms with Crippen LogP contribution in [0.2, 0.25) is 0 Å². The standard InChI is InChI=1S/C18H23N3O4S.ClH/c1-24-12-11-19-9-10-20-18(23)15-7-8-16(26-15)21-17(22)13-3-5-14(25-2)6-4-13;/h3-8,19H,9-12H2,1-2H3,(H,20,23)(H,21,22);1H. The molecule has 2 aromatic rings. The Balaban J connectivity index is 0.00000364. The predicted octanol–water partition coefficient (Wildman–Crippen LogP) is 2.40. The van der Waals surface area contributed by atoms with Gasteiger partial charge in [-0.1, -0.05) is 0 Å². The Hall–Kier alpha value is -2.13. The molecule has 0 atom stereocenters. The van der Waals surface area contributed by atoms with Gasteiger partial charge in [0.2, 0.25) is 0 Å². The molecule has 1 heterocycles. The van der Waals surface area contributed by atoms with Gasteiger partial charge in [-0.25, -0.2) is 0 Å². The van der Waals surface area contributed by atoms with Crippen LogP contribution in [0.1, 0.15) is 20.0 Å². The Labute approximate surface area is 168 Å². The lowest BCUT2D eigenvalue weighted by Gasteiger charge is -2.05. The van der Waals surface area contributed by atoms with Gasteiger partial charge < -0.3 is 25.4 Å². The molecule has 0 bridgehead atoms. The number of rotatable bonds is 10. The summed E-state index contributed by atoms with van der Waals surface area (Å²) in [4.78, 5) is 24.9. The van der Waals surface area contributed by atoms with Crippen molar-refractivity contribution in [3.63, 3.8) is 0 Å². The summed E-state index contributed by atoms with van der Waals surface area (Å²) in [5, 5.41) is 9.39. The van der Waals surface area contributed by atoms with E-state index in [4.69, 9.17) is 9.47 Å². The lowest BCUT2D eigenvalue weighted by molar-refractivity contribution is 0.0956. The number of carbonyl (C=O) groups excluding carboxylic acids is 2. The van der Waals surface area contributed by atoms with Crippen molar-refractivity contribution in [2.45, 2.75) is 0 Å². The number of anilines is 1. The number of halogens is 1. The molecule has 0 fully saturated rings. The van der Waals surface area contributed by atoms with Crippen molar-refractivity contribution < 1.29 is 19.1 Å². The summed E-state index contributed by atoms with van der Waals surface area (Å²) in [6.45, 7) is 2.57. The quantitative estimate of drug-likeness (QED) is 0.520. The highest BCUT2D eigenvalue weighted by Gasteiger charge is 2.11. The second-order valence-corrected chi connectivity index (χ2v) is 6.43. The van der Waals surface area contributed by atoms with Crippen molar-refractivity contribution in [3.05, 3.63) is 46.8 Å². The highest BCUT2D eigenvalue weighted by Crippen LogP contribution is 2.22. The molecule has 0 unspecified atom stereocenters. The second-order valence-electron chi connectivity index (χ2n) is 5.35. The van der Waals surface area contributed by atoms with Gasteiger partial charge in [-0.2, -0.15) is 0 Å². The third-order valence-electron chi connectivity index (χ3n) is 3.49. The van der Waals surface area contributed by atoms with Crippen LogP contribution < -0.4 is 20.7 Å². The van der Waals surface area contributed by atoms with E-state index in [1.165, 1.54) is 11.3 Å². The first kappa shape index (κ1) is 22.9. The highest BCUT2D eigenvalue weighted by atomic mass is 35.5. The SMILES string of the molecule is COCCNCCNC(=O)c1ccc(NC(=O)c2ccc(OC)cc2)s1.Cl. The molecule has 2 rings (SSSR count). The molecule has 0 aliphatic heterocycles. The Morgan fingerprint density at radius 3 is 2.37 bits per heavy atom. The Kier molecular flexibility index (Phi) is 10.4. The monoisotopic (exact) mass is 413 g/mol. The van der Waals surface area contributed by atoms with Crippen LogP contribution in [-0.4, -0.2) is 52.3 Å². The summed E-state index contributed by atoms with van der Waals surface area (Å²) in [6, 6.07) is 10.2. The lowest BCUT2D eigenvalue weighted by atomic mass is 10.2. The van der Waals surface area contributed by atoms with Crippen molar-refractivity contribution >= 4 is 40.6 Å². The van der Waals surface area contributed by atoms with Gasteiger partial charge in [-0.3, -0.25) is 9.59 Å².